The zero-order valence-electron chi connectivity index (χ0n) is 14.1. The Bertz CT molecular complexity index is 891. The van der Waals surface area contributed by atoms with E-state index in [0.717, 1.165) is 18.9 Å². The van der Waals surface area contributed by atoms with Crippen molar-refractivity contribution in [2.45, 2.75) is 31.5 Å². The lowest BCUT2D eigenvalue weighted by Gasteiger charge is -2.13. The zero-order chi connectivity index (χ0) is 19.3. The minimum Gasteiger partial charge on any atom is -0.423 e. The fourth-order valence-electron chi connectivity index (χ4n) is 2.54. The van der Waals surface area contributed by atoms with E-state index in [2.05, 4.69) is 5.32 Å². The van der Waals surface area contributed by atoms with Gasteiger partial charge in [0.25, 0.3) is 0 Å². The van der Waals surface area contributed by atoms with Crippen LogP contribution in [0.2, 0.25) is 0 Å². The number of nitrogens with two attached hydrogens (primary N) is 2. The first-order valence-electron chi connectivity index (χ1n) is 8.07. The lowest BCUT2D eigenvalue weighted by Crippen LogP contribution is -2.35. The second-order valence-corrected chi connectivity index (χ2v) is 7.65. The summed E-state index contributed by atoms with van der Waals surface area (Å²) in [4.78, 5) is 42.0. The van der Waals surface area contributed by atoms with Crippen molar-refractivity contribution in [2.75, 3.05) is 11.9 Å². The van der Waals surface area contributed by atoms with Crippen LogP contribution in [-0.2, 0) is 15.5 Å². The highest BCUT2D eigenvalue weighted by Crippen LogP contribution is 2.40. The summed E-state index contributed by atoms with van der Waals surface area (Å²) in [5.74, 6) is -0.380. The van der Waals surface area contributed by atoms with E-state index in [1.165, 1.54) is 12.1 Å². The van der Waals surface area contributed by atoms with Crippen molar-refractivity contribution in [1.82, 2.24) is 0 Å². The molecule has 0 bridgehead atoms. The molecule has 1 atom stereocenters. The molecule has 0 saturated heterocycles. The Morgan fingerprint density at radius 1 is 1.27 bits per heavy atom. The van der Waals surface area contributed by atoms with Crippen LogP contribution in [0.1, 0.15) is 24.8 Å². The van der Waals surface area contributed by atoms with Crippen LogP contribution in [0.4, 0.5) is 5.69 Å². The number of fused-ring (bicyclic) bond motifs is 1. The molecule has 26 heavy (non-hydrogen) atoms. The number of anilines is 1. The van der Waals surface area contributed by atoms with Gasteiger partial charge in [0.05, 0.1) is 12.2 Å². The van der Waals surface area contributed by atoms with E-state index in [-0.39, 0.29) is 17.1 Å². The second kappa shape index (κ2) is 8.57. The van der Waals surface area contributed by atoms with Crippen LogP contribution in [0, 0.1) is 0 Å². The zero-order valence-corrected chi connectivity index (χ0v) is 14.9. The fraction of sp³-hybridized carbons (Fsp3) is 0.375. The quantitative estimate of drug-likeness (QED) is 0.254. The molecule has 0 saturated carbocycles. The molecule has 0 aliphatic heterocycles. The highest BCUT2D eigenvalue weighted by Gasteiger charge is 2.18. The molecule has 2 aromatic rings. The summed E-state index contributed by atoms with van der Waals surface area (Å²) in [6.45, 7) is 0.537. The largest absolute Gasteiger partial charge is 0.423 e. The van der Waals surface area contributed by atoms with E-state index in [1.807, 2.05) is 0 Å². The molecule has 9 nitrogen and oxygen atoms in total. The number of unbranched alkanes of at least 4 members (excludes halogenated alkanes) is 1. The first-order valence-corrected chi connectivity index (χ1v) is 9.87. The van der Waals surface area contributed by atoms with Gasteiger partial charge in [-0.25, -0.2) is 4.79 Å². The normalized spacial score (nSPS) is 12.9. The van der Waals surface area contributed by atoms with E-state index in [4.69, 9.17) is 25.7 Å². The van der Waals surface area contributed by atoms with Crippen molar-refractivity contribution in [3.63, 3.8) is 0 Å². The number of hydrogen-bond acceptors (Lipinski definition) is 6. The molecule has 2 rings (SSSR count). The highest BCUT2D eigenvalue weighted by atomic mass is 31.2. The van der Waals surface area contributed by atoms with Gasteiger partial charge in [-0.15, -0.1) is 0 Å². The third-order valence-corrected chi connectivity index (χ3v) is 4.53. The maximum absolute atomic E-state index is 12.1. The highest BCUT2D eigenvalue weighted by molar-refractivity contribution is 7.50. The molecule has 1 aromatic carbocycles. The molecule has 1 amide bonds. The average molecular weight is 383 g/mol. The second-order valence-electron chi connectivity index (χ2n) is 6.00. The first kappa shape index (κ1) is 20.3. The minimum absolute atomic E-state index is 0.121. The Balaban J connectivity index is 2.22. The molecule has 142 valence electrons. The minimum atomic E-state index is -4.35. The molecule has 0 fully saturated rings. The monoisotopic (exact) mass is 383 g/mol. The first-order chi connectivity index (χ1) is 12.2. The number of nitrogens with one attached hydrogen (secondary N) is 1. The number of rotatable bonds is 8. The number of hydrogen-bond donors (Lipinski definition) is 5. The summed E-state index contributed by atoms with van der Waals surface area (Å²) >= 11 is 0. The molecule has 1 heterocycles. The molecule has 10 heteroatoms. The van der Waals surface area contributed by atoms with Gasteiger partial charge in [-0.2, -0.15) is 0 Å². The third-order valence-electron chi connectivity index (χ3n) is 3.78. The molecule has 0 spiro atoms. The number of carbonyl (C=O) groups excluding carboxylic acids is 1. The molecule has 7 N–H and O–H groups in total. The van der Waals surface area contributed by atoms with Crippen LogP contribution in [0.5, 0.6) is 0 Å². The summed E-state index contributed by atoms with van der Waals surface area (Å²) in [6.07, 6.45) is 1.44. The molecule has 0 unspecified atom stereocenters. The van der Waals surface area contributed by atoms with Crippen molar-refractivity contribution in [3.05, 3.63) is 40.2 Å². The number of amides is 1. The number of carbonyl (C=O) groups is 1. The average Bonchev–Trinajstić information content (AvgIpc) is 2.52. The van der Waals surface area contributed by atoms with Gasteiger partial charge >= 0.3 is 13.2 Å². The van der Waals surface area contributed by atoms with Gasteiger partial charge in [-0.1, -0.05) is 6.42 Å². The van der Waals surface area contributed by atoms with E-state index < -0.39 is 25.4 Å². The lowest BCUT2D eigenvalue weighted by molar-refractivity contribution is -0.117. The van der Waals surface area contributed by atoms with Gasteiger partial charge in [0.1, 0.15) is 5.58 Å². The van der Waals surface area contributed by atoms with Crippen LogP contribution in [0.25, 0.3) is 11.0 Å². The van der Waals surface area contributed by atoms with E-state index in [9.17, 15) is 14.2 Å². The summed E-state index contributed by atoms with van der Waals surface area (Å²) in [7, 11) is -4.35. The molecule has 1 aromatic heterocycles. The van der Waals surface area contributed by atoms with Gasteiger partial charge in [-0.05, 0) is 37.1 Å². The van der Waals surface area contributed by atoms with Gasteiger partial charge in [0, 0.05) is 23.2 Å². The van der Waals surface area contributed by atoms with Crippen molar-refractivity contribution in [1.29, 1.82) is 0 Å². The Morgan fingerprint density at radius 3 is 2.65 bits per heavy atom. The van der Waals surface area contributed by atoms with Gasteiger partial charge in [0.15, 0.2) is 0 Å². The summed E-state index contributed by atoms with van der Waals surface area (Å²) in [5, 5.41) is 3.02. The predicted molar refractivity (Wildman–Crippen MR) is 97.7 cm³/mol. The van der Waals surface area contributed by atoms with Crippen molar-refractivity contribution in [3.8, 4) is 0 Å². The van der Waals surface area contributed by atoms with E-state index in [1.54, 1.807) is 6.07 Å². The lowest BCUT2D eigenvalue weighted by atomic mass is 10.1. The van der Waals surface area contributed by atoms with Gasteiger partial charge in [-0.3, -0.25) is 9.36 Å². The standard InChI is InChI=1S/C16H22N3O6P/c17-6-2-1-3-13(18)16(21)19-11-4-5-12-10(9-26(22,23)24)7-15(20)25-14(12)8-11/h4-5,7-8,13H,1-3,6,9,17-18H2,(H,19,21)(H2,22,23,24)/t13-/m0/s1. The molecule has 0 radical (unpaired) electrons. The SMILES string of the molecule is NCCCC[C@H](N)C(=O)Nc1ccc2c(CP(=O)(O)O)cc(=O)oc2c1. The maximum Gasteiger partial charge on any atom is 0.336 e. The van der Waals surface area contributed by atoms with Gasteiger partial charge < -0.3 is 31.0 Å². The number of benzene rings is 1. The summed E-state index contributed by atoms with van der Waals surface area (Å²) in [6, 6.07) is 4.86. The van der Waals surface area contributed by atoms with E-state index in [0.29, 0.717) is 24.0 Å². The third kappa shape index (κ3) is 5.76. The molecule has 0 aliphatic carbocycles. The van der Waals surface area contributed by atoms with Crippen LogP contribution >= 0.6 is 7.60 Å². The maximum atomic E-state index is 12.1. The Labute approximate surface area is 149 Å². The Kier molecular flexibility index (Phi) is 6.69. The van der Waals surface area contributed by atoms with Crippen molar-refractivity contribution < 1.29 is 23.6 Å². The molecular formula is C16H22N3O6P. The summed E-state index contributed by atoms with van der Waals surface area (Å²) in [5.41, 5.74) is 11.2. The smallest absolute Gasteiger partial charge is 0.336 e. The molecule has 0 aliphatic rings. The fourth-order valence-corrected chi connectivity index (χ4v) is 3.24. The van der Waals surface area contributed by atoms with Crippen LogP contribution < -0.4 is 22.4 Å². The van der Waals surface area contributed by atoms with Gasteiger partial charge in [0.2, 0.25) is 5.91 Å². The molecular weight excluding hydrogens is 361 g/mol. The van der Waals surface area contributed by atoms with Crippen LogP contribution in [-0.4, -0.2) is 28.3 Å². The Hall–Kier alpha value is -2.03. The van der Waals surface area contributed by atoms with Crippen molar-refractivity contribution >= 4 is 30.2 Å². The van der Waals surface area contributed by atoms with Crippen LogP contribution in [0.3, 0.4) is 0 Å². The van der Waals surface area contributed by atoms with Crippen LogP contribution in [0.15, 0.2) is 33.5 Å². The Morgan fingerprint density at radius 2 is 2.00 bits per heavy atom. The van der Waals surface area contributed by atoms with Crippen molar-refractivity contribution in [2.24, 2.45) is 11.5 Å². The predicted octanol–water partition coefficient (Wildman–Crippen LogP) is 0.866. The topological polar surface area (TPSA) is 169 Å². The summed E-state index contributed by atoms with van der Waals surface area (Å²) < 4.78 is 16.3. The van der Waals surface area contributed by atoms with E-state index >= 15 is 0 Å².